The second-order valence-corrected chi connectivity index (χ2v) is 5.33. The van der Waals surface area contributed by atoms with Gasteiger partial charge in [-0.05, 0) is 42.0 Å². The lowest BCUT2D eigenvalue weighted by molar-refractivity contribution is 0.414. The van der Waals surface area contributed by atoms with E-state index in [2.05, 4.69) is 20.5 Å². The van der Waals surface area contributed by atoms with E-state index in [1.54, 1.807) is 14.2 Å². The fraction of sp³-hybridized carbons (Fsp3) is 0.167. The third-order valence-corrected chi connectivity index (χ3v) is 3.65. The molecule has 0 unspecified atom stereocenters. The largest absolute Gasteiger partial charge is 0.497 e. The molecule has 7 heteroatoms. The number of nitrogens with one attached hydrogen (secondary N) is 2. The Kier molecular flexibility index (Phi) is 4.94. The monoisotopic (exact) mass is 338 g/mol. The van der Waals surface area contributed by atoms with Gasteiger partial charge in [-0.3, -0.25) is 9.78 Å². The highest BCUT2D eigenvalue weighted by molar-refractivity contribution is 5.54. The molecule has 3 aromatic rings. The van der Waals surface area contributed by atoms with Crippen LogP contribution in [0.2, 0.25) is 0 Å². The smallest absolute Gasteiger partial charge is 0.274 e. The third kappa shape index (κ3) is 4.14. The van der Waals surface area contributed by atoms with Gasteiger partial charge in [0.2, 0.25) is 5.95 Å². The lowest BCUT2D eigenvalue weighted by Crippen LogP contribution is -2.18. The van der Waals surface area contributed by atoms with Crippen molar-refractivity contribution in [1.29, 1.82) is 0 Å². The number of aromatic nitrogens is 3. The number of nitrogens with zero attached hydrogens (tertiary/aromatic N) is 2. The molecule has 25 heavy (non-hydrogen) atoms. The second kappa shape index (κ2) is 7.48. The summed E-state index contributed by atoms with van der Waals surface area (Å²) in [7, 11) is 3.21. The van der Waals surface area contributed by atoms with E-state index >= 15 is 0 Å². The highest BCUT2D eigenvalue weighted by Crippen LogP contribution is 2.17. The number of hydrogen-bond donors (Lipinski definition) is 2. The number of ether oxygens (including phenoxy) is 2. The van der Waals surface area contributed by atoms with Crippen molar-refractivity contribution < 1.29 is 9.47 Å². The number of rotatable bonds is 6. The van der Waals surface area contributed by atoms with Crippen molar-refractivity contribution >= 4 is 11.6 Å². The zero-order chi connectivity index (χ0) is 17.6. The summed E-state index contributed by atoms with van der Waals surface area (Å²) in [6.45, 7) is 0. The van der Waals surface area contributed by atoms with Crippen LogP contribution in [-0.4, -0.2) is 29.4 Å². The minimum atomic E-state index is -0.276. The van der Waals surface area contributed by atoms with Gasteiger partial charge in [0.05, 0.1) is 14.2 Å². The molecule has 1 heterocycles. The first-order valence-electron chi connectivity index (χ1n) is 7.68. The molecule has 0 fully saturated rings. The topological polar surface area (TPSA) is 89.1 Å². The molecule has 1 aromatic heterocycles. The van der Waals surface area contributed by atoms with E-state index in [0.29, 0.717) is 12.1 Å². The Labute approximate surface area is 144 Å². The Morgan fingerprint density at radius 2 is 1.52 bits per heavy atom. The van der Waals surface area contributed by atoms with E-state index in [-0.39, 0.29) is 11.5 Å². The SMILES string of the molecule is COc1ccc(Cc2nnc(Nc3ccc(OC)cc3)[nH]c2=O)cc1. The molecule has 2 aromatic carbocycles. The van der Waals surface area contributed by atoms with E-state index in [9.17, 15) is 4.79 Å². The molecule has 2 N–H and O–H groups in total. The van der Waals surface area contributed by atoms with Crippen LogP contribution in [0.3, 0.4) is 0 Å². The van der Waals surface area contributed by atoms with Crippen molar-refractivity contribution in [3.63, 3.8) is 0 Å². The molecule has 0 aliphatic rings. The quantitative estimate of drug-likeness (QED) is 0.718. The Balaban J connectivity index is 1.72. The maximum Gasteiger partial charge on any atom is 0.274 e. The van der Waals surface area contributed by atoms with Crippen LogP contribution in [0.5, 0.6) is 11.5 Å². The van der Waals surface area contributed by atoms with E-state index in [0.717, 1.165) is 22.7 Å². The molecule has 3 rings (SSSR count). The molecule has 0 aliphatic carbocycles. The van der Waals surface area contributed by atoms with Gasteiger partial charge in [0.15, 0.2) is 0 Å². The predicted octanol–water partition coefficient (Wildman–Crippen LogP) is 2.52. The predicted molar refractivity (Wildman–Crippen MR) is 94.7 cm³/mol. The van der Waals surface area contributed by atoms with Gasteiger partial charge >= 0.3 is 0 Å². The summed E-state index contributed by atoms with van der Waals surface area (Å²) >= 11 is 0. The number of aromatic amines is 1. The summed E-state index contributed by atoms with van der Waals surface area (Å²) in [6, 6.07) is 14.7. The van der Waals surface area contributed by atoms with E-state index in [4.69, 9.17) is 9.47 Å². The molecule has 7 nitrogen and oxygen atoms in total. The van der Waals surface area contributed by atoms with Crippen molar-refractivity contribution in [2.75, 3.05) is 19.5 Å². The average Bonchev–Trinajstić information content (AvgIpc) is 2.65. The molecular weight excluding hydrogens is 320 g/mol. The summed E-state index contributed by atoms with van der Waals surface area (Å²) < 4.78 is 10.2. The fourth-order valence-electron chi connectivity index (χ4n) is 2.28. The number of hydrogen-bond acceptors (Lipinski definition) is 6. The summed E-state index contributed by atoms with van der Waals surface area (Å²) in [5.74, 6) is 1.80. The molecule has 0 atom stereocenters. The first-order valence-corrected chi connectivity index (χ1v) is 7.68. The van der Waals surface area contributed by atoms with Gasteiger partial charge in [0.25, 0.3) is 5.56 Å². The highest BCUT2D eigenvalue weighted by atomic mass is 16.5. The average molecular weight is 338 g/mol. The summed E-state index contributed by atoms with van der Waals surface area (Å²) in [5.41, 5.74) is 1.80. The molecule has 0 saturated carbocycles. The van der Waals surface area contributed by atoms with E-state index < -0.39 is 0 Å². The lowest BCUT2D eigenvalue weighted by Gasteiger charge is -2.07. The number of H-pyrrole nitrogens is 1. The molecule has 0 saturated heterocycles. The fourth-order valence-corrected chi connectivity index (χ4v) is 2.28. The van der Waals surface area contributed by atoms with Gasteiger partial charge in [-0.25, -0.2) is 0 Å². The maximum absolute atomic E-state index is 12.2. The minimum Gasteiger partial charge on any atom is -0.497 e. The van der Waals surface area contributed by atoms with Gasteiger partial charge < -0.3 is 14.8 Å². The Hall–Kier alpha value is -3.35. The third-order valence-electron chi connectivity index (χ3n) is 3.65. The minimum absolute atomic E-state index is 0.276. The molecule has 0 amide bonds. The Bertz CT molecular complexity index is 889. The number of benzene rings is 2. The first-order chi connectivity index (χ1) is 12.2. The van der Waals surface area contributed by atoms with Gasteiger partial charge in [-0.2, -0.15) is 0 Å². The second-order valence-electron chi connectivity index (χ2n) is 5.33. The van der Waals surface area contributed by atoms with Crippen molar-refractivity contribution in [3.8, 4) is 11.5 Å². The number of methoxy groups -OCH3 is 2. The van der Waals surface area contributed by atoms with Crippen LogP contribution >= 0.6 is 0 Å². The Morgan fingerprint density at radius 3 is 2.08 bits per heavy atom. The van der Waals surface area contributed by atoms with Crippen molar-refractivity contribution in [2.45, 2.75) is 6.42 Å². The normalized spacial score (nSPS) is 10.3. The number of anilines is 2. The lowest BCUT2D eigenvalue weighted by atomic mass is 10.1. The van der Waals surface area contributed by atoms with Gasteiger partial charge in [-0.1, -0.05) is 12.1 Å². The zero-order valence-corrected chi connectivity index (χ0v) is 13.9. The van der Waals surface area contributed by atoms with Crippen LogP contribution in [0, 0.1) is 0 Å². The van der Waals surface area contributed by atoms with Crippen molar-refractivity contribution in [1.82, 2.24) is 15.2 Å². The zero-order valence-electron chi connectivity index (χ0n) is 13.9. The maximum atomic E-state index is 12.2. The van der Waals surface area contributed by atoms with Crippen LogP contribution < -0.4 is 20.3 Å². The molecule has 0 radical (unpaired) electrons. The van der Waals surface area contributed by atoms with Crippen molar-refractivity contribution in [2.24, 2.45) is 0 Å². The highest BCUT2D eigenvalue weighted by Gasteiger charge is 2.07. The summed E-state index contributed by atoms with van der Waals surface area (Å²) in [6.07, 6.45) is 0.398. The molecule has 128 valence electrons. The standard InChI is InChI=1S/C18H18N4O3/c1-24-14-7-3-12(4-8-14)11-16-17(23)20-18(22-21-16)19-13-5-9-15(25-2)10-6-13/h3-10H,11H2,1-2H3,(H2,19,20,22,23). The van der Waals surface area contributed by atoms with Crippen molar-refractivity contribution in [3.05, 3.63) is 70.1 Å². The van der Waals surface area contributed by atoms with Crippen LogP contribution in [0.15, 0.2) is 53.3 Å². The van der Waals surface area contributed by atoms with E-state index in [1.807, 2.05) is 48.5 Å². The van der Waals surface area contributed by atoms with Crippen LogP contribution in [0.1, 0.15) is 11.3 Å². The van der Waals surface area contributed by atoms with Gasteiger partial charge in [-0.15, -0.1) is 10.2 Å². The van der Waals surface area contributed by atoms with E-state index in [1.165, 1.54) is 0 Å². The van der Waals surface area contributed by atoms with Crippen LogP contribution in [0.25, 0.3) is 0 Å². The molecule has 0 bridgehead atoms. The summed E-state index contributed by atoms with van der Waals surface area (Å²) in [4.78, 5) is 14.9. The van der Waals surface area contributed by atoms with Crippen LogP contribution in [0.4, 0.5) is 11.6 Å². The van der Waals surface area contributed by atoms with Crippen LogP contribution in [-0.2, 0) is 6.42 Å². The first kappa shape index (κ1) is 16.5. The molecular formula is C18H18N4O3. The molecule has 0 spiro atoms. The molecule has 0 aliphatic heterocycles. The van der Waals surface area contributed by atoms with Gasteiger partial charge in [0.1, 0.15) is 17.2 Å². The summed E-state index contributed by atoms with van der Waals surface area (Å²) in [5, 5.41) is 11.1. The Morgan fingerprint density at radius 1 is 0.920 bits per heavy atom. The van der Waals surface area contributed by atoms with Gasteiger partial charge in [0, 0.05) is 12.1 Å².